The highest BCUT2D eigenvalue weighted by Gasteiger charge is 2.46. The number of carbonyl (C=O) groups is 1. The van der Waals surface area contributed by atoms with E-state index in [4.69, 9.17) is 11.6 Å². The SMILES string of the molecule is O=C(Nc1ccc(Cl)cc1)N1CCCC2=CC3CC(CN4CCCC[C@H]34)[C@@H]21. The number of fused-ring (bicyclic) bond motifs is 6. The van der Waals surface area contributed by atoms with Crippen LogP contribution < -0.4 is 5.32 Å². The number of hydrogen-bond donors (Lipinski definition) is 1. The van der Waals surface area contributed by atoms with Crippen molar-refractivity contribution < 1.29 is 4.79 Å². The Morgan fingerprint density at radius 3 is 2.81 bits per heavy atom. The second kappa shape index (κ2) is 7.14. The molecule has 1 aromatic carbocycles. The van der Waals surface area contributed by atoms with Crippen LogP contribution in [0.15, 0.2) is 35.9 Å². The predicted octanol–water partition coefficient (Wildman–Crippen LogP) is 4.77. The van der Waals surface area contributed by atoms with Gasteiger partial charge in [0, 0.05) is 29.8 Å². The predicted molar refractivity (Wildman–Crippen MR) is 109 cm³/mol. The number of amides is 2. The van der Waals surface area contributed by atoms with Crippen molar-refractivity contribution in [3.8, 4) is 0 Å². The van der Waals surface area contributed by atoms with Crippen LogP contribution in [0, 0.1) is 11.8 Å². The van der Waals surface area contributed by atoms with Crippen LogP contribution in [0.1, 0.15) is 38.5 Å². The maximum atomic E-state index is 13.1. The van der Waals surface area contributed by atoms with Gasteiger partial charge in [0.25, 0.3) is 0 Å². The zero-order chi connectivity index (χ0) is 18.4. The number of hydrogen-bond acceptors (Lipinski definition) is 2. The molecule has 3 aliphatic heterocycles. The van der Waals surface area contributed by atoms with E-state index in [0.29, 0.717) is 16.9 Å². The van der Waals surface area contributed by atoms with Gasteiger partial charge in [-0.2, -0.15) is 0 Å². The van der Waals surface area contributed by atoms with Crippen LogP contribution in [0.2, 0.25) is 5.02 Å². The molecule has 3 heterocycles. The summed E-state index contributed by atoms with van der Waals surface area (Å²) in [6.07, 6.45) is 10.1. The lowest BCUT2D eigenvalue weighted by molar-refractivity contribution is 0.00908. The Labute approximate surface area is 166 Å². The summed E-state index contributed by atoms with van der Waals surface area (Å²) in [5.74, 6) is 1.29. The number of likely N-dealkylation sites (tertiary alicyclic amines) is 1. The van der Waals surface area contributed by atoms with E-state index < -0.39 is 0 Å². The molecule has 5 heteroatoms. The Morgan fingerprint density at radius 2 is 1.96 bits per heavy atom. The average molecular weight is 386 g/mol. The minimum Gasteiger partial charge on any atom is -0.317 e. The van der Waals surface area contributed by atoms with Crippen molar-refractivity contribution >= 4 is 23.3 Å². The molecule has 1 aliphatic carbocycles. The topological polar surface area (TPSA) is 35.6 Å². The molecule has 4 aliphatic rings. The van der Waals surface area contributed by atoms with Gasteiger partial charge in [0.2, 0.25) is 0 Å². The lowest BCUT2D eigenvalue weighted by Gasteiger charge is -2.54. The lowest BCUT2D eigenvalue weighted by Crippen LogP contribution is -2.60. The first-order chi connectivity index (χ1) is 13.2. The van der Waals surface area contributed by atoms with Crippen LogP contribution in [0.4, 0.5) is 10.5 Å². The summed E-state index contributed by atoms with van der Waals surface area (Å²) < 4.78 is 0. The van der Waals surface area contributed by atoms with Gasteiger partial charge in [0.15, 0.2) is 0 Å². The van der Waals surface area contributed by atoms with Crippen LogP contribution in [-0.2, 0) is 0 Å². The maximum absolute atomic E-state index is 13.1. The molecule has 4 atom stereocenters. The normalized spacial score (nSPS) is 32.9. The number of carbonyl (C=O) groups excluding carboxylic acids is 1. The first-order valence-corrected chi connectivity index (χ1v) is 10.8. The molecule has 0 spiro atoms. The fraction of sp³-hybridized carbons (Fsp3) is 0.591. The number of urea groups is 1. The van der Waals surface area contributed by atoms with Crippen molar-refractivity contribution in [1.29, 1.82) is 0 Å². The molecule has 2 unspecified atom stereocenters. The van der Waals surface area contributed by atoms with Gasteiger partial charge in [0.05, 0.1) is 6.04 Å². The number of piperidine rings is 3. The van der Waals surface area contributed by atoms with Crippen molar-refractivity contribution in [3.63, 3.8) is 0 Å². The minimum absolute atomic E-state index is 0.0344. The van der Waals surface area contributed by atoms with Crippen LogP contribution in [0.3, 0.4) is 0 Å². The summed E-state index contributed by atoms with van der Waals surface area (Å²) >= 11 is 5.97. The molecular weight excluding hydrogens is 358 g/mol. The van der Waals surface area contributed by atoms with E-state index in [1.807, 2.05) is 24.3 Å². The van der Waals surface area contributed by atoms with Gasteiger partial charge in [-0.25, -0.2) is 4.79 Å². The molecule has 5 rings (SSSR count). The minimum atomic E-state index is 0.0344. The first kappa shape index (κ1) is 17.6. The van der Waals surface area contributed by atoms with E-state index in [-0.39, 0.29) is 12.1 Å². The zero-order valence-electron chi connectivity index (χ0n) is 15.7. The fourth-order valence-corrected chi connectivity index (χ4v) is 6.06. The number of anilines is 1. The molecule has 0 radical (unpaired) electrons. The molecule has 27 heavy (non-hydrogen) atoms. The summed E-state index contributed by atoms with van der Waals surface area (Å²) in [4.78, 5) is 17.9. The van der Waals surface area contributed by atoms with Crippen LogP contribution in [-0.4, -0.2) is 47.5 Å². The number of nitrogens with one attached hydrogen (secondary N) is 1. The zero-order valence-corrected chi connectivity index (χ0v) is 16.5. The summed E-state index contributed by atoms with van der Waals surface area (Å²) in [5, 5.41) is 3.78. The van der Waals surface area contributed by atoms with E-state index in [1.165, 1.54) is 37.8 Å². The number of benzene rings is 1. The van der Waals surface area contributed by atoms with Gasteiger partial charge in [-0.1, -0.05) is 29.7 Å². The molecule has 4 nitrogen and oxygen atoms in total. The highest BCUT2D eigenvalue weighted by Crippen LogP contribution is 2.45. The molecular formula is C22H28ClN3O. The van der Waals surface area contributed by atoms with Crippen molar-refractivity contribution in [2.24, 2.45) is 11.8 Å². The van der Waals surface area contributed by atoms with Crippen LogP contribution >= 0.6 is 11.6 Å². The number of rotatable bonds is 1. The second-order valence-electron chi connectivity index (χ2n) is 8.64. The van der Waals surface area contributed by atoms with Gasteiger partial charge in [0.1, 0.15) is 0 Å². The quantitative estimate of drug-likeness (QED) is 0.707. The Bertz CT molecular complexity index is 746. The Balaban J connectivity index is 1.38. The standard InChI is InChI=1S/C22H28ClN3O/c23-18-6-8-19(9-7-18)24-22(27)26-11-3-4-15-12-16-13-17(21(15)26)14-25-10-2-1-5-20(16)25/h6-9,12,16-17,20-21H,1-5,10-11,13-14H2,(H,24,27)/t16?,17?,20-,21-/m1/s1. The van der Waals surface area contributed by atoms with Crippen LogP contribution in [0.25, 0.3) is 0 Å². The first-order valence-electron chi connectivity index (χ1n) is 10.5. The monoisotopic (exact) mass is 385 g/mol. The summed E-state index contributed by atoms with van der Waals surface area (Å²) in [7, 11) is 0. The van der Waals surface area contributed by atoms with E-state index >= 15 is 0 Å². The average Bonchev–Trinajstić information content (AvgIpc) is 2.69. The van der Waals surface area contributed by atoms with Crippen molar-refractivity contribution in [2.75, 3.05) is 25.0 Å². The third-order valence-corrected chi connectivity index (χ3v) is 7.27. The molecule has 144 valence electrons. The molecule has 1 N–H and O–H groups in total. The Morgan fingerprint density at radius 1 is 1.11 bits per heavy atom. The molecule has 3 fully saturated rings. The third kappa shape index (κ3) is 3.27. The van der Waals surface area contributed by atoms with Crippen molar-refractivity contribution in [1.82, 2.24) is 9.80 Å². The van der Waals surface area contributed by atoms with E-state index in [0.717, 1.165) is 37.7 Å². The summed E-state index contributed by atoms with van der Waals surface area (Å²) in [5.41, 5.74) is 2.34. The molecule has 0 saturated carbocycles. The smallest absolute Gasteiger partial charge is 0.317 e. The lowest BCUT2D eigenvalue weighted by atomic mass is 9.68. The third-order valence-electron chi connectivity index (χ3n) is 7.01. The molecule has 1 aromatic rings. The molecule has 2 bridgehead atoms. The summed E-state index contributed by atoms with van der Waals surface area (Å²) in [6, 6.07) is 8.45. The van der Waals surface area contributed by atoms with Gasteiger partial charge in [-0.15, -0.1) is 0 Å². The molecule has 2 amide bonds. The molecule has 0 aromatic heterocycles. The molecule has 3 saturated heterocycles. The van der Waals surface area contributed by atoms with Crippen molar-refractivity contribution in [3.05, 3.63) is 40.9 Å². The van der Waals surface area contributed by atoms with E-state index in [9.17, 15) is 4.79 Å². The van der Waals surface area contributed by atoms with E-state index in [1.54, 1.807) is 0 Å². The Kier molecular flexibility index (Phi) is 4.65. The summed E-state index contributed by atoms with van der Waals surface area (Å²) in [6.45, 7) is 3.25. The van der Waals surface area contributed by atoms with E-state index in [2.05, 4.69) is 21.2 Å². The highest BCUT2D eigenvalue weighted by molar-refractivity contribution is 6.30. The number of nitrogens with zero attached hydrogens (tertiary/aromatic N) is 2. The fourth-order valence-electron chi connectivity index (χ4n) is 5.93. The second-order valence-corrected chi connectivity index (χ2v) is 9.07. The van der Waals surface area contributed by atoms with Crippen LogP contribution in [0.5, 0.6) is 0 Å². The van der Waals surface area contributed by atoms with Crippen molar-refractivity contribution in [2.45, 2.75) is 50.6 Å². The largest absolute Gasteiger partial charge is 0.322 e. The number of halogens is 1. The maximum Gasteiger partial charge on any atom is 0.322 e. The highest BCUT2D eigenvalue weighted by atomic mass is 35.5. The van der Waals surface area contributed by atoms with Gasteiger partial charge >= 0.3 is 6.03 Å². The van der Waals surface area contributed by atoms with Gasteiger partial charge in [-0.05, 0) is 74.8 Å². The Hall–Kier alpha value is -1.52. The van der Waals surface area contributed by atoms with Gasteiger partial charge < -0.3 is 10.2 Å². The van der Waals surface area contributed by atoms with Gasteiger partial charge in [-0.3, -0.25) is 4.90 Å².